The lowest BCUT2D eigenvalue weighted by Gasteiger charge is -2.43. The Morgan fingerprint density at radius 3 is 1.63 bits per heavy atom. The van der Waals surface area contributed by atoms with Gasteiger partial charge in [-0.05, 0) is 53.0 Å². The van der Waals surface area contributed by atoms with Crippen molar-refractivity contribution in [2.24, 2.45) is 0 Å². The second kappa shape index (κ2) is 10.1. The molecule has 0 fully saturated rings. The summed E-state index contributed by atoms with van der Waals surface area (Å²) < 4.78 is 21.3. The average molecular weight is 510 g/mol. The van der Waals surface area contributed by atoms with E-state index in [1.54, 1.807) is 0 Å². The van der Waals surface area contributed by atoms with E-state index in [4.69, 9.17) is 13.6 Å². The Hall–Kier alpha value is -0.926. The first-order chi connectivity index (χ1) is 13.8. The summed E-state index contributed by atoms with van der Waals surface area (Å²) in [7, 11) is -3.32. The lowest BCUT2D eigenvalue weighted by atomic mass is 10.1. The largest absolute Gasteiger partial charge is 0.440 e. The average Bonchev–Trinajstić information content (AvgIpc) is 2.63. The van der Waals surface area contributed by atoms with Crippen LogP contribution in [0.5, 0.6) is 5.75 Å². The predicted molar refractivity (Wildman–Crippen MR) is 135 cm³/mol. The standard InChI is InChI=1S/C24H37BrO3Si2/c1-22(2,3)29(7)27-24(28-30(8)23(4,5)6,26-21-12-10-9-11-13-21)18-19-14-16-20(25)17-15-19/h9-17,29-30H,18H2,1-8H3. The molecule has 0 saturated heterocycles. The van der Waals surface area contributed by atoms with E-state index in [1.807, 2.05) is 30.3 Å². The van der Waals surface area contributed by atoms with Gasteiger partial charge in [0.15, 0.2) is 18.1 Å². The lowest BCUT2D eigenvalue weighted by molar-refractivity contribution is -0.260. The summed E-state index contributed by atoms with van der Waals surface area (Å²) in [5.41, 5.74) is 1.12. The van der Waals surface area contributed by atoms with Crippen LogP contribution in [-0.2, 0) is 15.3 Å². The van der Waals surface area contributed by atoms with Crippen LogP contribution < -0.4 is 4.74 Å². The Bertz CT molecular complexity index is 761. The van der Waals surface area contributed by atoms with Crippen LogP contribution in [0.1, 0.15) is 47.1 Å². The number of rotatable bonds is 8. The van der Waals surface area contributed by atoms with Crippen molar-refractivity contribution in [2.45, 2.75) is 77.1 Å². The minimum Gasteiger partial charge on any atom is -0.440 e. The quantitative estimate of drug-likeness (QED) is 0.282. The van der Waals surface area contributed by atoms with E-state index in [9.17, 15) is 0 Å². The molecule has 0 saturated carbocycles. The second-order valence-corrected chi connectivity index (χ2v) is 17.6. The van der Waals surface area contributed by atoms with Crippen LogP contribution in [0.15, 0.2) is 59.1 Å². The van der Waals surface area contributed by atoms with Gasteiger partial charge in [0, 0.05) is 4.47 Å². The van der Waals surface area contributed by atoms with Gasteiger partial charge in [0.1, 0.15) is 5.75 Å². The zero-order chi connectivity index (χ0) is 22.6. The van der Waals surface area contributed by atoms with E-state index in [1.165, 1.54) is 0 Å². The van der Waals surface area contributed by atoms with Crippen LogP contribution in [-0.4, -0.2) is 24.1 Å². The molecular formula is C24H37BrO3Si2. The van der Waals surface area contributed by atoms with Gasteiger partial charge in [-0.25, -0.2) is 0 Å². The third-order valence-electron chi connectivity index (χ3n) is 5.50. The van der Waals surface area contributed by atoms with Gasteiger partial charge in [-0.2, -0.15) is 0 Å². The van der Waals surface area contributed by atoms with Gasteiger partial charge >= 0.3 is 5.97 Å². The Balaban J connectivity index is 2.50. The number of hydrogen-bond donors (Lipinski definition) is 0. The van der Waals surface area contributed by atoms with Crippen LogP contribution in [0.4, 0.5) is 0 Å². The Morgan fingerprint density at radius 2 is 1.20 bits per heavy atom. The maximum atomic E-state index is 6.82. The Morgan fingerprint density at radius 1 is 0.733 bits per heavy atom. The van der Waals surface area contributed by atoms with E-state index in [-0.39, 0.29) is 10.1 Å². The molecule has 0 N–H and O–H groups in total. The molecule has 6 heteroatoms. The molecule has 0 aliphatic heterocycles. The Kier molecular flexibility index (Phi) is 8.55. The fraction of sp³-hybridized carbons (Fsp3) is 0.500. The molecule has 0 aliphatic carbocycles. The molecule has 166 valence electrons. The minimum atomic E-state index is -1.66. The summed E-state index contributed by atoms with van der Waals surface area (Å²) in [6, 6.07) is 18.2. The van der Waals surface area contributed by atoms with E-state index in [0.717, 1.165) is 15.8 Å². The molecule has 2 unspecified atom stereocenters. The van der Waals surface area contributed by atoms with E-state index in [2.05, 4.69) is 94.8 Å². The summed E-state index contributed by atoms with van der Waals surface area (Å²) >= 11 is 3.53. The van der Waals surface area contributed by atoms with Gasteiger partial charge in [0.2, 0.25) is 0 Å². The fourth-order valence-corrected chi connectivity index (χ4v) is 5.14. The van der Waals surface area contributed by atoms with Gasteiger partial charge in [0.25, 0.3) is 0 Å². The van der Waals surface area contributed by atoms with Gasteiger partial charge in [-0.3, -0.25) is 0 Å². The molecule has 0 aliphatic rings. The van der Waals surface area contributed by atoms with Crippen molar-refractivity contribution in [3.8, 4) is 5.75 Å². The third kappa shape index (κ3) is 7.64. The topological polar surface area (TPSA) is 27.7 Å². The zero-order valence-corrected chi connectivity index (χ0v) is 23.6. The highest BCUT2D eigenvalue weighted by molar-refractivity contribution is 9.10. The van der Waals surface area contributed by atoms with E-state index < -0.39 is 24.1 Å². The molecule has 2 atom stereocenters. The molecule has 2 aromatic rings. The molecule has 3 nitrogen and oxygen atoms in total. The summed E-state index contributed by atoms with van der Waals surface area (Å²) in [4.78, 5) is 0. The van der Waals surface area contributed by atoms with E-state index in [0.29, 0.717) is 6.42 Å². The monoisotopic (exact) mass is 508 g/mol. The molecular weight excluding hydrogens is 472 g/mol. The molecule has 0 aromatic heterocycles. The molecule has 0 bridgehead atoms. The third-order valence-corrected chi connectivity index (χ3v) is 12.3. The minimum absolute atomic E-state index is 0.0842. The van der Waals surface area contributed by atoms with Crippen molar-refractivity contribution < 1.29 is 13.6 Å². The molecule has 0 spiro atoms. The normalized spacial score (nSPS) is 16.6. The Labute approximate surface area is 194 Å². The number of hydrogen-bond acceptors (Lipinski definition) is 3. The summed E-state index contributed by atoms with van der Waals surface area (Å²) in [6.45, 7) is 17.9. The summed E-state index contributed by atoms with van der Waals surface area (Å²) in [6.07, 6.45) is 0.538. The first-order valence-corrected chi connectivity index (χ1v) is 15.8. The SMILES string of the molecule is C[SiH](OC(Cc1ccc(Br)cc1)(Oc1ccccc1)O[SiH](C)C(C)(C)C)C(C)(C)C. The first kappa shape index (κ1) is 25.3. The van der Waals surface area contributed by atoms with Crippen molar-refractivity contribution >= 4 is 34.0 Å². The molecule has 0 radical (unpaired) electrons. The van der Waals surface area contributed by atoms with Crippen LogP contribution in [0.2, 0.25) is 23.2 Å². The molecule has 0 heterocycles. The molecule has 2 aromatic carbocycles. The highest BCUT2D eigenvalue weighted by Gasteiger charge is 2.43. The highest BCUT2D eigenvalue weighted by Crippen LogP contribution is 2.37. The van der Waals surface area contributed by atoms with Crippen LogP contribution >= 0.6 is 15.9 Å². The first-order valence-electron chi connectivity index (χ1n) is 10.6. The maximum absolute atomic E-state index is 6.82. The zero-order valence-electron chi connectivity index (χ0n) is 19.7. The number of ether oxygens (including phenoxy) is 1. The van der Waals surface area contributed by atoms with Gasteiger partial charge in [0.05, 0.1) is 6.42 Å². The van der Waals surface area contributed by atoms with E-state index >= 15 is 0 Å². The highest BCUT2D eigenvalue weighted by atomic mass is 79.9. The summed E-state index contributed by atoms with van der Waals surface area (Å²) in [5, 5.41) is 0.168. The van der Waals surface area contributed by atoms with Gasteiger partial charge in [-0.15, -0.1) is 0 Å². The molecule has 2 rings (SSSR count). The summed E-state index contributed by atoms with van der Waals surface area (Å²) in [5.74, 6) is -0.368. The number of benzene rings is 2. The van der Waals surface area contributed by atoms with Crippen molar-refractivity contribution in [1.82, 2.24) is 0 Å². The van der Waals surface area contributed by atoms with Gasteiger partial charge < -0.3 is 13.6 Å². The van der Waals surface area contributed by atoms with Crippen molar-refractivity contribution in [3.63, 3.8) is 0 Å². The number of para-hydroxylation sites is 1. The number of halogens is 1. The van der Waals surface area contributed by atoms with Crippen LogP contribution in [0, 0.1) is 0 Å². The second-order valence-electron chi connectivity index (χ2n) is 10.2. The van der Waals surface area contributed by atoms with Gasteiger partial charge in [-0.1, -0.05) is 87.8 Å². The maximum Gasteiger partial charge on any atom is 0.311 e. The fourth-order valence-electron chi connectivity index (χ4n) is 2.61. The van der Waals surface area contributed by atoms with Crippen molar-refractivity contribution in [2.75, 3.05) is 0 Å². The van der Waals surface area contributed by atoms with Crippen molar-refractivity contribution in [1.29, 1.82) is 0 Å². The smallest absolute Gasteiger partial charge is 0.311 e. The van der Waals surface area contributed by atoms with Crippen molar-refractivity contribution in [3.05, 3.63) is 64.6 Å². The predicted octanol–water partition coefficient (Wildman–Crippen LogP) is 7.07. The molecule has 30 heavy (non-hydrogen) atoms. The van der Waals surface area contributed by atoms with Crippen LogP contribution in [0.25, 0.3) is 0 Å². The lowest BCUT2D eigenvalue weighted by Crippen LogP contribution is -2.53. The van der Waals surface area contributed by atoms with Crippen LogP contribution in [0.3, 0.4) is 0 Å². The molecule has 0 amide bonds.